The number of hydrogen-bond donors (Lipinski definition) is 2. The van der Waals surface area contributed by atoms with E-state index >= 15 is 0 Å². The third-order valence-corrected chi connectivity index (χ3v) is 3.52. The first-order chi connectivity index (χ1) is 10.8. The fraction of sp³-hybridized carbons (Fsp3) is 0.294. The molecule has 0 atom stereocenters. The van der Waals surface area contributed by atoms with Gasteiger partial charge in [0.2, 0.25) is 0 Å². The molecule has 0 unspecified atom stereocenters. The average molecular weight is 299 g/mol. The van der Waals surface area contributed by atoms with Gasteiger partial charge in [-0.1, -0.05) is 36.4 Å². The Kier molecular flexibility index (Phi) is 6.23. The summed E-state index contributed by atoms with van der Waals surface area (Å²) in [4.78, 5) is 16.7. The summed E-state index contributed by atoms with van der Waals surface area (Å²) in [5.74, 6) is 0. The Bertz CT molecular complexity index is 514. The van der Waals surface area contributed by atoms with Gasteiger partial charge in [-0.3, -0.25) is 4.98 Å². The highest BCUT2D eigenvalue weighted by Gasteiger charge is 2.20. The van der Waals surface area contributed by atoms with E-state index < -0.39 is 6.09 Å². The molecule has 5 heteroatoms. The summed E-state index contributed by atoms with van der Waals surface area (Å²) in [6.45, 7) is 1.77. The lowest BCUT2D eigenvalue weighted by Crippen LogP contribution is -2.44. The van der Waals surface area contributed by atoms with Crippen LogP contribution in [0.25, 0.3) is 0 Å². The highest BCUT2D eigenvalue weighted by atomic mass is 16.4. The summed E-state index contributed by atoms with van der Waals surface area (Å²) in [5.41, 5.74) is 1.16. The quantitative estimate of drug-likeness (QED) is 0.894. The van der Waals surface area contributed by atoms with Gasteiger partial charge in [0.1, 0.15) is 0 Å². The van der Waals surface area contributed by atoms with Crippen LogP contribution in [0.3, 0.4) is 0 Å². The smallest absolute Gasteiger partial charge is 0.404 e. The highest BCUT2D eigenvalue weighted by molar-refractivity contribution is 5.64. The summed E-state index contributed by atoms with van der Waals surface area (Å²) in [5, 5.41) is 11.1. The van der Waals surface area contributed by atoms with Crippen molar-refractivity contribution in [3.63, 3.8) is 0 Å². The molecule has 22 heavy (non-hydrogen) atoms. The molecule has 1 aliphatic rings. The van der Waals surface area contributed by atoms with Gasteiger partial charge in [0.05, 0.1) is 0 Å². The first kappa shape index (κ1) is 15.8. The predicted octanol–water partition coefficient (Wildman–Crippen LogP) is 3.00. The van der Waals surface area contributed by atoms with Gasteiger partial charge < -0.3 is 15.3 Å². The minimum Gasteiger partial charge on any atom is -0.465 e. The second kappa shape index (κ2) is 8.67. The van der Waals surface area contributed by atoms with Crippen LogP contribution in [-0.4, -0.2) is 35.3 Å². The van der Waals surface area contributed by atoms with Gasteiger partial charge in [0.25, 0.3) is 0 Å². The molecule has 1 amide bonds. The van der Waals surface area contributed by atoms with Crippen molar-refractivity contribution in [2.75, 3.05) is 18.0 Å². The number of carboxylic acid groups (broad SMARTS) is 1. The number of anilines is 1. The van der Waals surface area contributed by atoms with Crippen LogP contribution in [0, 0.1) is 0 Å². The molecule has 116 valence electrons. The molecule has 2 aromatic rings. The standard InChI is InChI=1S/C11H15N3O2.C6H6/c15-11(16)13-9-3-7-14(8-4-9)10-1-5-12-6-2-10;1-2-4-6-5-3-1/h1-2,5-6,9,13H,3-4,7-8H2,(H,15,16);1-6H. The molecule has 1 aromatic heterocycles. The zero-order valence-electron chi connectivity index (χ0n) is 12.4. The second-order valence-electron chi connectivity index (χ2n) is 5.07. The number of benzene rings is 1. The first-order valence-corrected chi connectivity index (χ1v) is 7.40. The van der Waals surface area contributed by atoms with Gasteiger partial charge in [-0.05, 0) is 25.0 Å². The van der Waals surface area contributed by atoms with Crippen LogP contribution in [0.1, 0.15) is 12.8 Å². The summed E-state index contributed by atoms with van der Waals surface area (Å²) in [6, 6.07) is 16.0. The van der Waals surface area contributed by atoms with Gasteiger partial charge in [0, 0.05) is 37.2 Å². The minimum absolute atomic E-state index is 0.0931. The fourth-order valence-electron chi connectivity index (χ4n) is 2.40. The zero-order chi connectivity index (χ0) is 15.6. The van der Waals surface area contributed by atoms with Gasteiger partial charge in [-0.25, -0.2) is 4.79 Å². The molecular weight excluding hydrogens is 278 g/mol. The van der Waals surface area contributed by atoms with Crippen molar-refractivity contribution >= 4 is 11.8 Å². The maximum atomic E-state index is 10.5. The number of pyridine rings is 1. The number of aromatic nitrogens is 1. The molecule has 0 aliphatic carbocycles. The molecule has 0 saturated carbocycles. The molecule has 0 bridgehead atoms. The summed E-state index contributed by atoms with van der Waals surface area (Å²) in [6.07, 6.45) is 4.33. The molecule has 5 nitrogen and oxygen atoms in total. The third kappa shape index (κ3) is 5.44. The number of piperidine rings is 1. The fourth-order valence-corrected chi connectivity index (χ4v) is 2.40. The Morgan fingerprint density at radius 3 is 2.00 bits per heavy atom. The lowest BCUT2D eigenvalue weighted by molar-refractivity contribution is 0.187. The van der Waals surface area contributed by atoms with E-state index in [1.807, 2.05) is 48.5 Å². The van der Waals surface area contributed by atoms with E-state index in [9.17, 15) is 4.79 Å². The zero-order valence-corrected chi connectivity index (χ0v) is 12.4. The van der Waals surface area contributed by atoms with E-state index in [2.05, 4.69) is 15.2 Å². The topological polar surface area (TPSA) is 65.5 Å². The van der Waals surface area contributed by atoms with Gasteiger partial charge in [0.15, 0.2) is 0 Å². The lowest BCUT2D eigenvalue weighted by Gasteiger charge is -2.33. The molecule has 1 saturated heterocycles. The van der Waals surface area contributed by atoms with Crippen LogP contribution < -0.4 is 10.2 Å². The third-order valence-electron chi connectivity index (χ3n) is 3.52. The van der Waals surface area contributed by atoms with Crippen molar-refractivity contribution in [3.8, 4) is 0 Å². The van der Waals surface area contributed by atoms with Crippen LogP contribution in [0.5, 0.6) is 0 Å². The molecule has 3 rings (SSSR count). The Balaban J connectivity index is 0.000000246. The number of nitrogens with one attached hydrogen (secondary N) is 1. The normalized spacial score (nSPS) is 14.6. The van der Waals surface area contributed by atoms with Crippen LogP contribution >= 0.6 is 0 Å². The molecule has 1 aliphatic heterocycles. The molecule has 0 spiro atoms. The maximum absolute atomic E-state index is 10.5. The van der Waals surface area contributed by atoms with E-state index in [1.54, 1.807) is 12.4 Å². The first-order valence-electron chi connectivity index (χ1n) is 7.40. The molecular formula is C17H21N3O2. The maximum Gasteiger partial charge on any atom is 0.404 e. The summed E-state index contributed by atoms with van der Waals surface area (Å²) in [7, 11) is 0. The van der Waals surface area contributed by atoms with E-state index in [-0.39, 0.29) is 6.04 Å². The van der Waals surface area contributed by atoms with Gasteiger partial charge in [-0.15, -0.1) is 0 Å². The SMILES string of the molecule is O=C(O)NC1CCN(c2ccncc2)CC1.c1ccccc1. The Morgan fingerprint density at radius 1 is 1.05 bits per heavy atom. The second-order valence-corrected chi connectivity index (χ2v) is 5.07. The number of nitrogens with zero attached hydrogens (tertiary/aromatic N) is 2. The largest absolute Gasteiger partial charge is 0.465 e. The van der Waals surface area contributed by atoms with E-state index in [0.29, 0.717) is 0 Å². The molecule has 2 N–H and O–H groups in total. The van der Waals surface area contributed by atoms with Gasteiger partial charge >= 0.3 is 6.09 Å². The van der Waals surface area contributed by atoms with Crippen LogP contribution in [-0.2, 0) is 0 Å². The summed E-state index contributed by atoms with van der Waals surface area (Å²) >= 11 is 0. The van der Waals surface area contributed by atoms with Crippen molar-refractivity contribution < 1.29 is 9.90 Å². The average Bonchev–Trinajstić information content (AvgIpc) is 2.58. The van der Waals surface area contributed by atoms with Gasteiger partial charge in [-0.2, -0.15) is 0 Å². The van der Waals surface area contributed by atoms with Crippen LogP contribution in [0.4, 0.5) is 10.5 Å². The Hall–Kier alpha value is -2.56. The number of hydrogen-bond acceptors (Lipinski definition) is 3. The minimum atomic E-state index is -0.928. The Labute approximate surface area is 130 Å². The van der Waals surface area contributed by atoms with E-state index in [4.69, 9.17) is 5.11 Å². The van der Waals surface area contributed by atoms with E-state index in [0.717, 1.165) is 31.6 Å². The van der Waals surface area contributed by atoms with Crippen molar-refractivity contribution in [2.45, 2.75) is 18.9 Å². The molecule has 2 heterocycles. The highest BCUT2D eigenvalue weighted by Crippen LogP contribution is 2.18. The van der Waals surface area contributed by atoms with Crippen molar-refractivity contribution in [2.24, 2.45) is 0 Å². The number of carbonyl (C=O) groups is 1. The monoisotopic (exact) mass is 299 g/mol. The molecule has 0 radical (unpaired) electrons. The predicted molar refractivity (Wildman–Crippen MR) is 87.1 cm³/mol. The van der Waals surface area contributed by atoms with Crippen molar-refractivity contribution in [1.29, 1.82) is 0 Å². The Morgan fingerprint density at radius 2 is 1.55 bits per heavy atom. The van der Waals surface area contributed by atoms with Crippen molar-refractivity contribution in [1.82, 2.24) is 10.3 Å². The summed E-state index contributed by atoms with van der Waals surface area (Å²) < 4.78 is 0. The van der Waals surface area contributed by atoms with Crippen molar-refractivity contribution in [3.05, 3.63) is 60.9 Å². The lowest BCUT2D eigenvalue weighted by atomic mass is 10.0. The number of rotatable bonds is 2. The van der Waals surface area contributed by atoms with E-state index in [1.165, 1.54) is 0 Å². The molecule has 1 fully saturated rings. The van der Waals surface area contributed by atoms with Crippen LogP contribution in [0.2, 0.25) is 0 Å². The molecule has 1 aromatic carbocycles. The number of amides is 1. The van der Waals surface area contributed by atoms with Crippen LogP contribution in [0.15, 0.2) is 60.9 Å².